The fourth-order valence-electron chi connectivity index (χ4n) is 2.60. The number of hydrogen-bond donors (Lipinski definition) is 2. The van der Waals surface area contributed by atoms with E-state index in [9.17, 15) is 0 Å². The van der Waals surface area contributed by atoms with E-state index in [1.54, 1.807) is 0 Å². The largest absolute Gasteiger partial charge is 0.311 e. The van der Waals surface area contributed by atoms with E-state index in [2.05, 4.69) is 73.0 Å². The molecule has 0 saturated carbocycles. The standard InChI is InChI=1S/C18H24N2/c1-13-5-9-15(10-6-13)17(19-3)18(20-4)16-11-7-14(2)8-12-16/h5-12,17-20H,1-4H3/t17-,18+. The number of aryl methyl sites for hydroxylation is 2. The molecule has 2 nitrogen and oxygen atoms in total. The lowest BCUT2D eigenvalue weighted by Crippen LogP contribution is -2.31. The first-order valence-electron chi connectivity index (χ1n) is 7.13. The summed E-state index contributed by atoms with van der Waals surface area (Å²) in [6.07, 6.45) is 0. The monoisotopic (exact) mass is 268 g/mol. The molecule has 0 spiro atoms. The van der Waals surface area contributed by atoms with E-state index in [4.69, 9.17) is 0 Å². The number of nitrogens with one attached hydrogen (secondary N) is 2. The molecule has 0 aromatic heterocycles. The van der Waals surface area contributed by atoms with E-state index < -0.39 is 0 Å². The van der Waals surface area contributed by atoms with Gasteiger partial charge in [0.25, 0.3) is 0 Å². The smallest absolute Gasteiger partial charge is 0.0515 e. The predicted molar refractivity (Wildman–Crippen MR) is 86.0 cm³/mol. The van der Waals surface area contributed by atoms with Gasteiger partial charge in [-0.05, 0) is 39.1 Å². The average Bonchev–Trinajstić information content (AvgIpc) is 2.47. The highest BCUT2D eigenvalue weighted by molar-refractivity contribution is 5.31. The van der Waals surface area contributed by atoms with E-state index in [0.29, 0.717) is 0 Å². The molecule has 0 heterocycles. The van der Waals surface area contributed by atoms with Crippen LogP contribution in [-0.2, 0) is 0 Å². The molecule has 2 atom stereocenters. The molecule has 0 aliphatic carbocycles. The minimum Gasteiger partial charge on any atom is -0.311 e. The molecule has 0 unspecified atom stereocenters. The molecule has 0 fully saturated rings. The molecule has 0 radical (unpaired) electrons. The molecule has 2 N–H and O–H groups in total. The first kappa shape index (κ1) is 14.8. The second-order valence-corrected chi connectivity index (χ2v) is 5.35. The lowest BCUT2D eigenvalue weighted by atomic mass is 9.92. The Morgan fingerprint density at radius 1 is 0.600 bits per heavy atom. The van der Waals surface area contributed by atoms with Gasteiger partial charge in [0, 0.05) is 0 Å². The average molecular weight is 268 g/mol. The third-order valence-corrected chi connectivity index (χ3v) is 3.83. The van der Waals surface area contributed by atoms with Crippen LogP contribution in [0.15, 0.2) is 48.5 Å². The van der Waals surface area contributed by atoms with Crippen molar-refractivity contribution in [1.29, 1.82) is 0 Å². The van der Waals surface area contributed by atoms with E-state index in [1.165, 1.54) is 22.3 Å². The quantitative estimate of drug-likeness (QED) is 0.867. The topological polar surface area (TPSA) is 24.1 Å². The van der Waals surface area contributed by atoms with Gasteiger partial charge in [-0.15, -0.1) is 0 Å². The summed E-state index contributed by atoms with van der Waals surface area (Å²) in [6, 6.07) is 18.0. The summed E-state index contributed by atoms with van der Waals surface area (Å²) in [6.45, 7) is 4.24. The second-order valence-electron chi connectivity index (χ2n) is 5.35. The minimum absolute atomic E-state index is 0.253. The summed E-state index contributed by atoms with van der Waals surface area (Å²) in [4.78, 5) is 0. The fourth-order valence-corrected chi connectivity index (χ4v) is 2.60. The van der Waals surface area contributed by atoms with Gasteiger partial charge in [0.15, 0.2) is 0 Å². The SMILES string of the molecule is CN[C@H](c1ccc(C)cc1)[C@@H](NC)c1ccc(C)cc1. The summed E-state index contributed by atoms with van der Waals surface area (Å²) in [5, 5.41) is 6.88. The summed E-state index contributed by atoms with van der Waals surface area (Å²) in [5.74, 6) is 0. The molecule has 0 aliphatic heterocycles. The summed E-state index contributed by atoms with van der Waals surface area (Å²) in [7, 11) is 4.03. The third kappa shape index (κ3) is 3.27. The molecule has 2 aromatic carbocycles. The Bertz CT molecular complexity index is 477. The van der Waals surface area contributed by atoms with E-state index in [1.807, 2.05) is 14.1 Å². The fraction of sp³-hybridized carbons (Fsp3) is 0.333. The molecule has 0 aliphatic rings. The second kappa shape index (κ2) is 6.69. The molecule has 2 heteroatoms. The van der Waals surface area contributed by atoms with Crippen LogP contribution in [0.4, 0.5) is 0 Å². The van der Waals surface area contributed by atoms with Crippen LogP contribution in [0.5, 0.6) is 0 Å². The van der Waals surface area contributed by atoms with Crippen LogP contribution < -0.4 is 10.6 Å². The van der Waals surface area contributed by atoms with Crippen LogP contribution in [0.2, 0.25) is 0 Å². The van der Waals surface area contributed by atoms with Crippen LogP contribution in [0.3, 0.4) is 0 Å². The van der Waals surface area contributed by atoms with Crippen LogP contribution in [0.25, 0.3) is 0 Å². The van der Waals surface area contributed by atoms with E-state index in [-0.39, 0.29) is 12.1 Å². The van der Waals surface area contributed by atoms with Gasteiger partial charge in [-0.2, -0.15) is 0 Å². The Hall–Kier alpha value is -1.64. The summed E-state index contributed by atoms with van der Waals surface area (Å²) >= 11 is 0. The van der Waals surface area contributed by atoms with Crippen molar-refractivity contribution >= 4 is 0 Å². The predicted octanol–water partition coefficient (Wildman–Crippen LogP) is 3.52. The van der Waals surface area contributed by atoms with Gasteiger partial charge in [0.2, 0.25) is 0 Å². The number of benzene rings is 2. The van der Waals surface area contributed by atoms with Crippen molar-refractivity contribution in [3.8, 4) is 0 Å². The maximum Gasteiger partial charge on any atom is 0.0515 e. The highest BCUT2D eigenvalue weighted by Gasteiger charge is 2.21. The van der Waals surface area contributed by atoms with Gasteiger partial charge < -0.3 is 10.6 Å². The molecule has 2 rings (SSSR count). The zero-order valence-electron chi connectivity index (χ0n) is 12.8. The number of hydrogen-bond acceptors (Lipinski definition) is 2. The van der Waals surface area contributed by atoms with Crippen molar-refractivity contribution in [2.45, 2.75) is 25.9 Å². The number of likely N-dealkylation sites (N-methyl/N-ethyl adjacent to an activating group) is 2. The van der Waals surface area contributed by atoms with Gasteiger partial charge in [-0.25, -0.2) is 0 Å². The molecule has 2 aromatic rings. The van der Waals surface area contributed by atoms with E-state index in [0.717, 1.165) is 0 Å². The Morgan fingerprint density at radius 2 is 0.900 bits per heavy atom. The highest BCUT2D eigenvalue weighted by Crippen LogP contribution is 2.28. The van der Waals surface area contributed by atoms with Crippen molar-refractivity contribution in [3.63, 3.8) is 0 Å². The van der Waals surface area contributed by atoms with Gasteiger partial charge in [0.05, 0.1) is 12.1 Å². The Labute approximate surface area is 122 Å². The lowest BCUT2D eigenvalue weighted by Gasteiger charge is -2.27. The zero-order chi connectivity index (χ0) is 14.5. The molecule has 106 valence electrons. The highest BCUT2D eigenvalue weighted by atomic mass is 15.0. The van der Waals surface area contributed by atoms with Crippen molar-refractivity contribution < 1.29 is 0 Å². The van der Waals surface area contributed by atoms with Crippen LogP contribution in [0, 0.1) is 13.8 Å². The van der Waals surface area contributed by atoms with Crippen molar-refractivity contribution in [1.82, 2.24) is 10.6 Å². The lowest BCUT2D eigenvalue weighted by molar-refractivity contribution is 0.432. The van der Waals surface area contributed by atoms with Gasteiger partial charge in [0.1, 0.15) is 0 Å². The van der Waals surface area contributed by atoms with Crippen molar-refractivity contribution in [2.75, 3.05) is 14.1 Å². The molecule has 0 bridgehead atoms. The number of rotatable bonds is 5. The summed E-state index contributed by atoms with van der Waals surface area (Å²) < 4.78 is 0. The Kier molecular flexibility index (Phi) is 4.94. The molecular weight excluding hydrogens is 244 g/mol. The maximum atomic E-state index is 3.44. The third-order valence-electron chi connectivity index (χ3n) is 3.83. The molecule has 20 heavy (non-hydrogen) atoms. The van der Waals surface area contributed by atoms with Gasteiger partial charge >= 0.3 is 0 Å². The Morgan fingerprint density at radius 3 is 1.15 bits per heavy atom. The maximum absolute atomic E-state index is 3.44. The normalized spacial score (nSPS) is 14.0. The van der Waals surface area contributed by atoms with Crippen molar-refractivity contribution in [2.24, 2.45) is 0 Å². The summed E-state index contributed by atoms with van der Waals surface area (Å²) in [5.41, 5.74) is 5.19. The molecular formula is C18H24N2. The first-order chi connectivity index (χ1) is 9.65. The van der Waals surface area contributed by atoms with Crippen molar-refractivity contribution in [3.05, 3.63) is 70.8 Å². The van der Waals surface area contributed by atoms with Crippen LogP contribution >= 0.6 is 0 Å². The van der Waals surface area contributed by atoms with Gasteiger partial charge in [-0.1, -0.05) is 59.7 Å². The zero-order valence-corrected chi connectivity index (χ0v) is 12.8. The molecule has 0 amide bonds. The van der Waals surface area contributed by atoms with Crippen LogP contribution in [0.1, 0.15) is 34.3 Å². The molecule has 0 saturated heterocycles. The van der Waals surface area contributed by atoms with Gasteiger partial charge in [-0.3, -0.25) is 0 Å². The minimum atomic E-state index is 0.253. The Balaban J connectivity index is 2.32. The van der Waals surface area contributed by atoms with Crippen LogP contribution in [-0.4, -0.2) is 14.1 Å². The van der Waals surface area contributed by atoms with E-state index >= 15 is 0 Å². The first-order valence-corrected chi connectivity index (χ1v) is 7.13.